The summed E-state index contributed by atoms with van der Waals surface area (Å²) in [6.45, 7) is 1.67. The Balaban J connectivity index is 2.22. The summed E-state index contributed by atoms with van der Waals surface area (Å²) < 4.78 is 5.58. The quantitative estimate of drug-likeness (QED) is 0.747. The highest BCUT2D eigenvalue weighted by Crippen LogP contribution is 2.43. The summed E-state index contributed by atoms with van der Waals surface area (Å²) in [6.07, 6.45) is -3.44. The fraction of sp³-hybridized carbons (Fsp3) is 0.417. The first kappa shape index (κ1) is 14.4. The van der Waals surface area contributed by atoms with Gasteiger partial charge in [0, 0.05) is 5.56 Å². The number of aliphatic hydroxyl groups is 2. The molecule has 1 aliphatic heterocycles. The van der Waals surface area contributed by atoms with Crippen molar-refractivity contribution in [1.82, 2.24) is 9.97 Å². The summed E-state index contributed by atoms with van der Waals surface area (Å²) >= 11 is 18.2. The number of halogens is 3. The SMILES string of the molecule is C[C@H]1O[C@@H](c2c(Cl)c(Cl)cc3[nH]c(Cl)nc23)[C@H](O)[C@@H]1O. The molecular weight excluding hydrogens is 327 g/mol. The minimum absolute atomic E-state index is 0.181. The van der Waals surface area contributed by atoms with Crippen LogP contribution in [0.1, 0.15) is 18.6 Å². The van der Waals surface area contributed by atoms with Gasteiger partial charge >= 0.3 is 0 Å². The Morgan fingerprint density at radius 2 is 1.95 bits per heavy atom. The van der Waals surface area contributed by atoms with E-state index >= 15 is 0 Å². The van der Waals surface area contributed by atoms with Crippen LogP contribution in [0.15, 0.2) is 6.07 Å². The number of rotatable bonds is 1. The molecule has 1 aromatic carbocycles. The fourth-order valence-corrected chi connectivity index (χ4v) is 3.09. The second kappa shape index (κ2) is 5.02. The van der Waals surface area contributed by atoms with Crippen LogP contribution >= 0.6 is 34.8 Å². The van der Waals surface area contributed by atoms with Crippen molar-refractivity contribution < 1.29 is 14.9 Å². The number of aromatic amines is 1. The van der Waals surface area contributed by atoms with E-state index in [0.717, 1.165) is 0 Å². The normalized spacial score (nSPS) is 30.3. The predicted octanol–water partition coefficient (Wildman–Crippen LogP) is 2.70. The molecule has 3 rings (SSSR count). The van der Waals surface area contributed by atoms with E-state index in [9.17, 15) is 10.2 Å². The van der Waals surface area contributed by atoms with Crippen LogP contribution in [0.2, 0.25) is 15.3 Å². The van der Waals surface area contributed by atoms with Crippen molar-refractivity contribution in [3.8, 4) is 0 Å². The van der Waals surface area contributed by atoms with Crippen LogP contribution in [0, 0.1) is 0 Å². The average Bonchev–Trinajstić information content (AvgIpc) is 2.86. The van der Waals surface area contributed by atoms with Crippen molar-refractivity contribution in [2.75, 3.05) is 0 Å². The van der Waals surface area contributed by atoms with E-state index in [1.807, 2.05) is 0 Å². The topological polar surface area (TPSA) is 78.4 Å². The Morgan fingerprint density at radius 1 is 1.25 bits per heavy atom. The summed E-state index contributed by atoms with van der Waals surface area (Å²) in [5.41, 5.74) is 1.48. The molecule has 0 saturated carbocycles. The monoisotopic (exact) mass is 336 g/mol. The summed E-state index contributed by atoms with van der Waals surface area (Å²) in [5.74, 6) is 0. The van der Waals surface area contributed by atoms with Gasteiger partial charge in [-0.25, -0.2) is 4.98 Å². The van der Waals surface area contributed by atoms with Gasteiger partial charge in [-0.15, -0.1) is 0 Å². The number of imidazole rings is 1. The maximum absolute atomic E-state index is 10.1. The third-order valence-electron chi connectivity index (χ3n) is 3.46. The van der Waals surface area contributed by atoms with Gasteiger partial charge in [0.2, 0.25) is 5.28 Å². The van der Waals surface area contributed by atoms with Gasteiger partial charge in [-0.1, -0.05) is 23.2 Å². The zero-order valence-electron chi connectivity index (χ0n) is 10.3. The van der Waals surface area contributed by atoms with Gasteiger partial charge in [0.15, 0.2) is 0 Å². The van der Waals surface area contributed by atoms with E-state index in [1.54, 1.807) is 13.0 Å². The first-order chi connectivity index (χ1) is 9.40. The van der Waals surface area contributed by atoms with Gasteiger partial charge in [-0.3, -0.25) is 0 Å². The predicted molar refractivity (Wildman–Crippen MR) is 76.4 cm³/mol. The minimum Gasteiger partial charge on any atom is -0.388 e. The van der Waals surface area contributed by atoms with Crippen molar-refractivity contribution in [2.24, 2.45) is 0 Å². The standard InChI is InChI=1S/C12H11Cl3N2O3/c1-3-9(18)10(19)11(20-3)6-7(14)4(13)2-5-8(6)17-12(15)16-5/h2-3,9-11,18-19H,1H3,(H,16,17)/t3-,9-,10-,11+/m1/s1. The second-order valence-corrected chi connectivity index (χ2v) is 5.90. The summed E-state index contributed by atoms with van der Waals surface area (Å²) in [5, 5.41) is 20.6. The van der Waals surface area contributed by atoms with Gasteiger partial charge in [-0.2, -0.15) is 0 Å². The molecule has 108 valence electrons. The Bertz CT molecular complexity index is 676. The molecule has 1 aliphatic rings. The van der Waals surface area contributed by atoms with Gasteiger partial charge in [0.1, 0.15) is 18.3 Å². The van der Waals surface area contributed by atoms with Gasteiger partial charge in [-0.05, 0) is 24.6 Å². The van der Waals surface area contributed by atoms with Crippen LogP contribution < -0.4 is 0 Å². The lowest BCUT2D eigenvalue weighted by Gasteiger charge is -2.17. The molecule has 8 heteroatoms. The number of nitrogens with zero attached hydrogens (tertiary/aromatic N) is 1. The molecule has 1 fully saturated rings. The number of hydrogen-bond acceptors (Lipinski definition) is 4. The number of fused-ring (bicyclic) bond motifs is 1. The maximum atomic E-state index is 10.1. The maximum Gasteiger partial charge on any atom is 0.201 e. The third-order valence-corrected chi connectivity index (χ3v) is 4.44. The molecule has 0 bridgehead atoms. The lowest BCUT2D eigenvalue weighted by atomic mass is 10.0. The largest absolute Gasteiger partial charge is 0.388 e. The third kappa shape index (κ3) is 2.09. The van der Waals surface area contributed by atoms with Crippen molar-refractivity contribution in [2.45, 2.75) is 31.3 Å². The molecule has 20 heavy (non-hydrogen) atoms. The van der Waals surface area contributed by atoms with Crippen LogP contribution in [0.5, 0.6) is 0 Å². The number of benzene rings is 1. The molecule has 3 N–H and O–H groups in total. The molecule has 0 amide bonds. The Kier molecular flexibility index (Phi) is 3.61. The molecule has 2 heterocycles. The molecule has 0 radical (unpaired) electrons. The summed E-state index contributed by atoms with van der Waals surface area (Å²) in [7, 11) is 0. The zero-order chi connectivity index (χ0) is 14.6. The zero-order valence-corrected chi connectivity index (χ0v) is 12.5. The highest BCUT2D eigenvalue weighted by atomic mass is 35.5. The highest BCUT2D eigenvalue weighted by molar-refractivity contribution is 6.43. The van der Waals surface area contributed by atoms with Gasteiger partial charge < -0.3 is 19.9 Å². The number of ether oxygens (including phenoxy) is 1. The number of nitrogens with one attached hydrogen (secondary N) is 1. The van der Waals surface area contributed by atoms with Crippen LogP contribution in [0.3, 0.4) is 0 Å². The van der Waals surface area contributed by atoms with E-state index in [0.29, 0.717) is 21.6 Å². The molecule has 0 spiro atoms. The number of aliphatic hydroxyl groups excluding tert-OH is 2. The smallest absolute Gasteiger partial charge is 0.201 e. The number of H-pyrrole nitrogens is 1. The first-order valence-corrected chi connectivity index (χ1v) is 7.08. The minimum atomic E-state index is -1.11. The van der Waals surface area contributed by atoms with E-state index < -0.39 is 24.4 Å². The van der Waals surface area contributed by atoms with Gasteiger partial charge in [0.25, 0.3) is 0 Å². The van der Waals surface area contributed by atoms with Crippen LogP contribution in [0.25, 0.3) is 11.0 Å². The molecule has 0 unspecified atom stereocenters. The highest BCUT2D eigenvalue weighted by Gasteiger charge is 2.43. The van der Waals surface area contributed by atoms with E-state index in [2.05, 4.69) is 9.97 Å². The van der Waals surface area contributed by atoms with Crippen LogP contribution in [-0.2, 0) is 4.74 Å². The fourth-order valence-electron chi connectivity index (χ4n) is 2.44. The molecule has 1 aromatic heterocycles. The number of aromatic nitrogens is 2. The lowest BCUT2D eigenvalue weighted by Crippen LogP contribution is -2.28. The Morgan fingerprint density at radius 3 is 2.55 bits per heavy atom. The van der Waals surface area contributed by atoms with Crippen molar-refractivity contribution in [3.63, 3.8) is 0 Å². The molecule has 2 aromatic rings. The van der Waals surface area contributed by atoms with Crippen LogP contribution in [-0.4, -0.2) is 38.5 Å². The molecule has 1 saturated heterocycles. The molecule has 4 atom stereocenters. The Labute approximate surface area is 129 Å². The van der Waals surface area contributed by atoms with Crippen molar-refractivity contribution >= 4 is 45.8 Å². The molecule has 0 aliphatic carbocycles. The van der Waals surface area contributed by atoms with E-state index in [-0.39, 0.29) is 10.3 Å². The Hall–Kier alpha value is -0.560. The van der Waals surface area contributed by atoms with E-state index in [1.165, 1.54) is 0 Å². The summed E-state index contributed by atoms with van der Waals surface area (Å²) in [4.78, 5) is 6.98. The second-order valence-electron chi connectivity index (χ2n) is 4.75. The van der Waals surface area contributed by atoms with Gasteiger partial charge in [0.05, 0.1) is 27.2 Å². The molecular formula is C12H11Cl3N2O3. The van der Waals surface area contributed by atoms with Crippen molar-refractivity contribution in [3.05, 3.63) is 27.0 Å². The number of hydrogen-bond donors (Lipinski definition) is 3. The van der Waals surface area contributed by atoms with Crippen LogP contribution in [0.4, 0.5) is 0 Å². The lowest BCUT2D eigenvalue weighted by molar-refractivity contribution is 0.0160. The first-order valence-electron chi connectivity index (χ1n) is 5.95. The summed E-state index contributed by atoms with van der Waals surface area (Å²) in [6, 6.07) is 1.60. The van der Waals surface area contributed by atoms with Crippen molar-refractivity contribution in [1.29, 1.82) is 0 Å². The average molecular weight is 338 g/mol. The van der Waals surface area contributed by atoms with E-state index in [4.69, 9.17) is 39.5 Å². The molecule has 5 nitrogen and oxygen atoms in total.